The molecule has 1 atom stereocenters. The Morgan fingerprint density at radius 2 is 1.48 bits per heavy atom. The van der Waals surface area contributed by atoms with Crippen LogP contribution in [0, 0.1) is 5.82 Å². The lowest BCUT2D eigenvalue weighted by atomic mass is 10.0. The van der Waals surface area contributed by atoms with Crippen molar-refractivity contribution < 1.29 is 22.4 Å². The lowest BCUT2D eigenvalue weighted by molar-refractivity contribution is -0.139. The van der Waals surface area contributed by atoms with Crippen LogP contribution in [0.1, 0.15) is 11.1 Å². The normalized spacial score (nSPS) is 11.9. The van der Waals surface area contributed by atoms with Gasteiger partial charge in [-0.2, -0.15) is 0 Å². The molecule has 0 aromatic heterocycles. The van der Waals surface area contributed by atoms with Gasteiger partial charge in [0.2, 0.25) is 11.8 Å². The molecule has 0 fully saturated rings. The van der Waals surface area contributed by atoms with Crippen molar-refractivity contribution in [3.05, 3.63) is 130 Å². The highest BCUT2D eigenvalue weighted by molar-refractivity contribution is 7.92. The maximum absolute atomic E-state index is 14.2. The predicted octanol–water partition coefficient (Wildman–Crippen LogP) is 5.71. The molecule has 4 aromatic carbocycles. The van der Waals surface area contributed by atoms with Gasteiger partial charge >= 0.3 is 0 Å². The number of carbonyl (C=O) groups excluding carboxylic acids is 2. The van der Waals surface area contributed by atoms with Gasteiger partial charge < -0.3 is 10.2 Å². The first-order valence-corrected chi connectivity index (χ1v) is 15.1. The Balaban J connectivity index is 1.81. The highest BCUT2D eigenvalue weighted by Crippen LogP contribution is 2.33. The molecule has 218 valence electrons. The molecule has 0 aliphatic rings. The summed E-state index contributed by atoms with van der Waals surface area (Å²) in [4.78, 5) is 28.7. The standard InChI is InChI=1S/C31H28Cl2FN3O4S/c1-35-31(39)29(18-22-8-4-2-5-9-22)36(20-23-12-15-25(34)16-13-23)30(38)21-37(28-19-24(32)14-17-27(28)33)42(40,41)26-10-6-3-7-11-26/h2-17,19,29H,18,20-21H2,1H3,(H,35,39)/t29-/m0/s1. The van der Waals surface area contributed by atoms with Crippen LogP contribution in [0.15, 0.2) is 108 Å². The van der Waals surface area contributed by atoms with Crippen LogP contribution in [0.3, 0.4) is 0 Å². The Bertz CT molecular complexity index is 1640. The largest absolute Gasteiger partial charge is 0.357 e. The molecule has 4 aromatic rings. The molecule has 0 spiro atoms. The number of sulfonamides is 1. The van der Waals surface area contributed by atoms with E-state index in [-0.39, 0.29) is 33.6 Å². The zero-order valence-corrected chi connectivity index (χ0v) is 24.9. The fourth-order valence-corrected chi connectivity index (χ4v) is 6.30. The molecular weight excluding hydrogens is 600 g/mol. The summed E-state index contributed by atoms with van der Waals surface area (Å²) in [6.45, 7) is -0.784. The average Bonchev–Trinajstić information content (AvgIpc) is 3.00. The van der Waals surface area contributed by atoms with Crippen LogP contribution in [0.4, 0.5) is 10.1 Å². The van der Waals surface area contributed by atoms with Crippen LogP contribution in [-0.4, -0.2) is 44.8 Å². The number of amides is 2. The molecule has 4 rings (SSSR count). The number of likely N-dealkylation sites (N-methyl/N-ethyl adjacent to an activating group) is 1. The third kappa shape index (κ3) is 7.47. The minimum Gasteiger partial charge on any atom is -0.357 e. The minimum absolute atomic E-state index is 0.00246. The lowest BCUT2D eigenvalue weighted by Gasteiger charge is -2.33. The van der Waals surface area contributed by atoms with Gasteiger partial charge in [-0.05, 0) is 53.6 Å². The van der Waals surface area contributed by atoms with Gasteiger partial charge in [0.15, 0.2) is 0 Å². The summed E-state index contributed by atoms with van der Waals surface area (Å²) in [5, 5.41) is 2.88. The van der Waals surface area contributed by atoms with Crippen molar-refractivity contribution in [2.75, 3.05) is 17.9 Å². The van der Waals surface area contributed by atoms with Gasteiger partial charge in [0.1, 0.15) is 18.4 Å². The van der Waals surface area contributed by atoms with Gasteiger partial charge in [-0.25, -0.2) is 12.8 Å². The van der Waals surface area contributed by atoms with Gasteiger partial charge in [-0.15, -0.1) is 0 Å². The number of rotatable bonds is 11. The Hall–Kier alpha value is -3.92. The number of hydrogen-bond acceptors (Lipinski definition) is 4. The second-order valence-electron chi connectivity index (χ2n) is 9.39. The summed E-state index contributed by atoms with van der Waals surface area (Å²) < 4.78 is 42.4. The van der Waals surface area contributed by atoms with Crippen molar-refractivity contribution in [1.82, 2.24) is 10.2 Å². The summed E-state index contributed by atoms with van der Waals surface area (Å²) in [6, 6.07) is 25.5. The van der Waals surface area contributed by atoms with E-state index in [1.165, 1.54) is 66.5 Å². The summed E-state index contributed by atoms with van der Waals surface area (Å²) in [5.41, 5.74) is 1.34. The topological polar surface area (TPSA) is 86.8 Å². The number of nitrogens with zero attached hydrogens (tertiary/aromatic N) is 2. The smallest absolute Gasteiger partial charge is 0.264 e. The third-order valence-electron chi connectivity index (χ3n) is 6.57. The van der Waals surface area contributed by atoms with Crippen LogP contribution in [-0.2, 0) is 32.6 Å². The summed E-state index contributed by atoms with van der Waals surface area (Å²) in [7, 11) is -2.86. The van der Waals surface area contributed by atoms with E-state index in [1.54, 1.807) is 18.2 Å². The first-order chi connectivity index (χ1) is 20.1. The van der Waals surface area contributed by atoms with Crippen LogP contribution in [0.2, 0.25) is 10.0 Å². The fraction of sp³-hybridized carbons (Fsp3) is 0.161. The van der Waals surface area contributed by atoms with E-state index < -0.39 is 40.2 Å². The van der Waals surface area contributed by atoms with Gasteiger partial charge in [0, 0.05) is 25.0 Å². The molecule has 7 nitrogen and oxygen atoms in total. The van der Waals surface area contributed by atoms with Crippen LogP contribution >= 0.6 is 23.2 Å². The Morgan fingerprint density at radius 1 is 0.857 bits per heavy atom. The molecule has 0 radical (unpaired) electrons. The van der Waals surface area contributed by atoms with Crippen molar-refractivity contribution in [2.45, 2.75) is 23.9 Å². The quantitative estimate of drug-likeness (QED) is 0.231. The van der Waals surface area contributed by atoms with Crippen LogP contribution in [0.5, 0.6) is 0 Å². The zero-order chi connectivity index (χ0) is 30.3. The van der Waals surface area contributed by atoms with E-state index in [2.05, 4.69) is 5.32 Å². The molecule has 0 unspecified atom stereocenters. The van der Waals surface area contributed by atoms with Crippen LogP contribution in [0.25, 0.3) is 0 Å². The Morgan fingerprint density at radius 3 is 2.10 bits per heavy atom. The van der Waals surface area contributed by atoms with E-state index in [0.717, 1.165) is 9.87 Å². The number of hydrogen-bond donors (Lipinski definition) is 1. The van der Waals surface area contributed by atoms with Crippen molar-refractivity contribution in [3.63, 3.8) is 0 Å². The molecule has 1 N–H and O–H groups in total. The molecule has 0 saturated carbocycles. The molecule has 0 saturated heterocycles. The first kappa shape index (κ1) is 31.0. The number of benzene rings is 4. The van der Waals surface area contributed by atoms with E-state index in [1.807, 2.05) is 30.3 Å². The molecule has 0 bridgehead atoms. The van der Waals surface area contributed by atoms with Crippen molar-refractivity contribution in [2.24, 2.45) is 0 Å². The Kier molecular flexibility index (Phi) is 10.2. The molecular formula is C31H28Cl2FN3O4S. The van der Waals surface area contributed by atoms with E-state index in [9.17, 15) is 22.4 Å². The molecule has 11 heteroatoms. The molecule has 0 aliphatic carbocycles. The monoisotopic (exact) mass is 627 g/mol. The van der Waals surface area contributed by atoms with E-state index >= 15 is 0 Å². The summed E-state index contributed by atoms with van der Waals surface area (Å²) in [5.74, 6) is -1.59. The van der Waals surface area contributed by atoms with Crippen LogP contribution < -0.4 is 9.62 Å². The second-order valence-corrected chi connectivity index (χ2v) is 12.1. The molecule has 0 heterocycles. The maximum atomic E-state index is 14.2. The molecule has 0 aliphatic heterocycles. The Labute approximate surface area is 254 Å². The SMILES string of the molecule is CNC(=O)[C@H](Cc1ccccc1)N(Cc1ccc(F)cc1)C(=O)CN(c1cc(Cl)ccc1Cl)S(=O)(=O)c1ccccc1. The van der Waals surface area contributed by atoms with E-state index in [4.69, 9.17) is 23.2 Å². The second kappa shape index (κ2) is 13.8. The minimum atomic E-state index is -4.32. The first-order valence-electron chi connectivity index (χ1n) is 12.9. The third-order valence-corrected chi connectivity index (χ3v) is 8.90. The predicted molar refractivity (Wildman–Crippen MR) is 162 cm³/mol. The summed E-state index contributed by atoms with van der Waals surface area (Å²) >= 11 is 12.7. The number of nitrogens with one attached hydrogen (secondary N) is 1. The fourth-order valence-electron chi connectivity index (χ4n) is 4.42. The van der Waals surface area contributed by atoms with Crippen molar-refractivity contribution >= 4 is 50.7 Å². The number of halogens is 3. The van der Waals surface area contributed by atoms with Gasteiger partial charge in [-0.1, -0.05) is 83.9 Å². The van der Waals surface area contributed by atoms with Gasteiger partial charge in [0.25, 0.3) is 10.0 Å². The van der Waals surface area contributed by atoms with E-state index in [0.29, 0.717) is 5.56 Å². The number of anilines is 1. The highest BCUT2D eigenvalue weighted by Gasteiger charge is 2.35. The molecule has 42 heavy (non-hydrogen) atoms. The van der Waals surface area contributed by atoms with Crippen molar-refractivity contribution in [1.29, 1.82) is 0 Å². The average molecular weight is 629 g/mol. The summed E-state index contributed by atoms with van der Waals surface area (Å²) in [6.07, 6.45) is 0.150. The maximum Gasteiger partial charge on any atom is 0.264 e. The highest BCUT2D eigenvalue weighted by atomic mass is 35.5. The van der Waals surface area contributed by atoms with Crippen molar-refractivity contribution in [3.8, 4) is 0 Å². The zero-order valence-electron chi connectivity index (χ0n) is 22.6. The van der Waals surface area contributed by atoms with Gasteiger partial charge in [0.05, 0.1) is 15.6 Å². The van der Waals surface area contributed by atoms with Gasteiger partial charge in [-0.3, -0.25) is 13.9 Å². The number of carbonyl (C=O) groups is 2. The molecule has 2 amide bonds. The lowest BCUT2D eigenvalue weighted by Crippen LogP contribution is -2.53.